The van der Waals surface area contributed by atoms with Gasteiger partial charge in [-0.1, -0.05) is 12.1 Å². The second-order valence-electron chi connectivity index (χ2n) is 4.60. The first-order valence-corrected chi connectivity index (χ1v) is 6.09. The predicted molar refractivity (Wildman–Crippen MR) is 74.3 cm³/mol. The summed E-state index contributed by atoms with van der Waals surface area (Å²) in [4.78, 5) is 4.56. The van der Waals surface area contributed by atoms with Crippen LogP contribution in [0.5, 0.6) is 0 Å². The molecule has 0 bridgehead atoms. The fourth-order valence-corrected chi connectivity index (χ4v) is 2.25. The number of nitrogens with zero attached hydrogens (tertiary/aromatic N) is 2. The Balaban J connectivity index is 2.06. The summed E-state index contributed by atoms with van der Waals surface area (Å²) in [5.41, 5.74) is 9.23. The lowest BCUT2D eigenvalue weighted by Gasteiger charge is -2.06. The first-order valence-electron chi connectivity index (χ1n) is 6.09. The molecule has 0 atom stereocenters. The molecule has 19 heavy (non-hydrogen) atoms. The van der Waals surface area contributed by atoms with E-state index in [1.54, 1.807) is 6.07 Å². The number of benzene rings is 2. The summed E-state index contributed by atoms with van der Waals surface area (Å²) in [5.74, 6) is 0.599. The Hall–Kier alpha value is -2.36. The molecule has 2 N–H and O–H groups in total. The maximum absolute atomic E-state index is 13.3. The smallest absolute Gasteiger partial charge is 0.123 e. The van der Waals surface area contributed by atoms with Gasteiger partial charge in [0, 0.05) is 19.2 Å². The van der Waals surface area contributed by atoms with Gasteiger partial charge < -0.3 is 10.3 Å². The Morgan fingerprint density at radius 3 is 2.79 bits per heavy atom. The molecule has 0 aliphatic heterocycles. The molecule has 0 amide bonds. The molecule has 0 unspecified atom stereocenters. The maximum atomic E-state index is 13.3. The van der Waals surface area contributed by atoms with E-state index in [1.807, 2.05) is 35.9 Å². The quantitative estimate of drug-likeness (QED) is 0.715. The van der Waals surface area contributed by atoms with E-state index in [2.05, 4.69) is 4.98 Å². The lowest BCUT2D eigenvalue weighted by molar-refractivity contribution is 0.626. The normalized spacial score (nSPS) is 11.1. The van der Waals surface area contributed by atoms with E-state index in [1.165, 1.54) is 12.1 Å². The Labute approximate surface area is 110 Å². The van der Waals surface area contributed by atoms with Crippen molar-refractivity contribution < 1.29 is 4.39 Å². The number of imidazole rings is 1. The number of fused-ring (bicyclic) bond motifs is 1. The second kappa shape index (κ2) is 4.39. The van der Waals surface area contributed by atoms with Crippen molar-refractivity contribution in [2.45, 2.75) is 6.42 Å². The van der Waals surface area contributed by atoms with Gasteiger partial charge in [0.1, 0.15) is 11.6 Å². The van der Waals surface area contributed by atoms with Crippen molar-refractivity contribution >= 4 is 16.7 Å². The zero-order chi connectivity index (χ0) is 13.4. The average Bonchev–Trinajstić information content (AvgIpc) is 2.72. The SMILES string of the molecule is Cn1c(Cc2cc(F)ccc2N)nc2ccccc21. The van der Waals surface area contributed by atoms with Crippen LogP contribution in [0, 0.1) is 5.82 Å². The van der Waals surface area contributed by atoms with Crippen LogP contribution in [0.3, 0.4) is 0 Å². The molecule has 2 aromatic carbocycles. The third kappa shape index (κ3) is 2.05. The van der Waals surface area contributed by atoms with Gasteiger partial charge in [-0.25, -0.2) is 9.37 Å². The minimum atomic E-state index is -0.275. The van der Waals surface area contributed by atoms with Gasteiger partial charge in [-0.05, 0) is 35.9 Å². The van der Waals surface area contributed by atoms with Crippen LogP contribution in [0.15, 0.2) is 42.5 Å². The molecule has 4 heteroatoms. The molecule has 0 aliphatic rings. The van der Waals surface area contributed by atoms with Gasteiger partial charge in [-0.15, -0.1) is 0 Å². The van der Waals surface area contributed by atoms with Crippen molar-refractivity contribution in [2.75, 3.05) is 5.73 Å². The minimum Gasteiger partial charge on any atom is -0.398 e. The number of aryl methyl sites for hydroxylation is 1. The van der Waals surface area contributed by atoms with Gasteiger partial charge in [0.15, 0.2) is 0 Å². The van der Waals surface area contributed by atoms with Crippen LogP contribution in [0.4, 0.5) is 10.1 Å². The largest absolute Gasteiger partial charge is 0.398 e. The maximum Gasteiger partial charge on any atom is 0.123 e. The van der Waals surface area contributed by atoms with Gasteiger partial charge >= 0.3 is 0 Å². The Morgan fingerprint density at radius 1 is 1.21 bits per heavy atom. The third-order valence-corrected chi connectivity index (χ3v) is 3.33. The lowest BCUT2D eigenvalue weighted by atomic mass is 10.1. The van der Waals surface area contributed by atoms with E-state index in [0.29, 0.717) is 12.1 Å². The number of hydrogen-bond acceptors (Lipinski definition) is 2. The van der Waals surface area contributed by atoms with Gasteiger partial charge in [0.05, 0.1) is 11.0 Å². The van der Waals surface area contributed by atoms with Gasteiger partial charge in [0.25, 0.3) is 0 Å². The molecule has 0 radical (unpaired) electrons. The Kier molecular flexibility index (Phi) is 2.71. The predicted octanol–water partition coefficient (Wildman–Crippen LogP) is 2.89. The molecule has 1 heterocycles. The molecule has 1 aromatic heterocycles. The van der Waals surface area contributed by atoms with Crippen LogP contribution < -0.4 is 5.73 Å². The summed E-state index contributed by atoms with van der Waals surface area (Å²) in [6, 6.07) is 12.3. The monoisotopic (exact) mass is 255 g/mol. The van der Waals surface area contributed by atoms with E-state index in [0.717, 1.165) is 22.4 Å². The van der Waals surface area contributed by atoms with E-state index in [4.69, 9.17) is 5.73 Å². The molecular weight excluding hydrogens is 241 g/mol. The third-order valence-electron chi connectivity index (χ3n) is 3.33. The van der Waals surface area contributed by atoms with Crippen LogP contribution in [-0.2, 0) is 13.5 Å². The number of rotatable bonds is 2. The zero-order valence-corrected chi connectivity index (χ0v) is 10.6. The number of anilines is 1. The number of halogens is 1. The molecule has 96 valence electrons. The molecular formula is C15H14FN3. The minimum absolute atomic E-state index is 0.275. The molecule has 0 aliphatic carbocycles. The number of hydrogen-bond donors (Lipinski definition) is 1. The fraction of sp³-hybridized carbons (Fsp3) is 0.133. The summed E-state index contributed by atoms with van der Waals surface area (Å²) in [6.07, 6.45) is 0.523. The fourth-order valence-electron chi connectivity index (χ4n) is 2.25. The van der Waals surface area contributed by atoms with E-state index < -0.39 is 0 Å². The number of nitrogens with two attached hydrogens (primary N) is 1. The molecule has 3 rings (SSSR count). The molecule has 3 nitrogen and oxygen atoms in total. The average molecular weight is 255 g/mol. The summed E-state index contributed by atoms with van der Waals surface area (Å²) in [5, 5.41) is 0. The number of aromatic nitrogens is 2. The van der Waals surface area contributed by atoms with Crippen LogP contribution >= 0.6 is 0 Å². The number of nitrogen functional groups attached to an aromatic ring is 1. The van der Waals surface area contributed by atoms with Gasteiger partial charge in [0.2, 0.25) is 0 Å². The highest BCUT2D eigenvalue weighted by molar-refractivity contribution is 5.75. The summed E-state index contributed by atoms with van der Waals surface area (Å²) < 4.78 is 15.3. The molecule has 0 saturated carbocycles. The van der Waals surface area contributed by atoms with Gasteiger partial charge in [-0.3, -0.25) is 0 Å². The highest BCUT2D eigenvalue weighted by atomic mass is 19.1. The lowest BCUT2D eigenvalue weighted by Crippen LogP contribution is -2.02. The van der Waals surface area contributed by atoms with Crippen molar-refractivity contribution in [1.29, 1.82) is 0 Å². The van der Waals surface area contributed by atoms with E-state index in [-0.39, 0.29) is 5.82 Å². The molecule has 0 saturated heterocycles. The van der Waals surface area contributed by atoms with Crippen LogP contribution in [-0.4, -0.2) is 9.55 Å². The van der Waals surface area contributed by atoms with Crippen molar-refractivity contribution in [3.8, 4) is 0 Å². The van der Waals surface area contributed by atoms with Crippen molar-refractivity contribution in [3.05, 3.63) is 59.7 Å². The highest BCUT2D eigenvalue weighted by Gasteiger charge is 2.10. The van der Waals surface area contributed by atoms with Crippen molar-refractivity contribution in [2.24, 2.45) is 7.05 Å². The summed E-state index contributed by atoms with van der Waals surface area (Å²) in [6.45, 7) is 0. The summed E-state index contributed by atoms with van der Waals surface area (Å²) >= 11 is 0. The first-order chi connectivity index (χ1) is 9.15. The first kappa shape index (κ1) is 11.7. The summed E-state index contributed by atoms with van der Waals surface area (Å²) in [7, 11) is 1.96. The molecule has 0 spiro atoms. The standard InChI is InChI=1S/C15H14FN3/c1-19-14-5-3-2-4-13(14)18-15(19)9-10-8-11(16)6-7-12(10)17/h2-8H,9,17H2,1H3. The molecule has 0 fully saturated rings. The Morgan fingerprint density at radius 2 is 2.00 bits per heavy atom. The topological polar surface area (TPSA) is 43.8 Å². The van der Waals surface area contributed by atoms with Crippen LogP contribution in [0.2, 0.25) is 0 Å². The van der Waals surface area contributed by atoms with Crippen molar-refractivity contribution in [3.63, 3.8) is 0 Å². The van der Waals surface area contributed by atoms with Crippen molar-refractivity contribution in [1.82, 2.24) is 9.55 Å². The van der Waals surface area contributed by atoms with Crippen LogP contribution in [0.25, 0.3) is 11.0 Å². The Bertz CT molecular complexity index is 746. The van der Waals surface area contributed by atoms with E-state index in [9.17, 15) is 4.39 Å². The number of para-hydroxylation sites is 2. The van der Waals surface area contributed by atoms with Crippen LogP contribution in [0.1, 0.15) is 11.4 Å². The molecule has 3 aromatic rings. The second-order valence-corrected chi connectivity index (χ2v) is 4.60. The highest BCUT2D eigenvalue weighted by Crippen LogP contribution is 2.20. The van der Waals surface area contributed by atoms with E-state index >= 15 is 0 Å². The van der Waals surface area contributed by atoms with Gasteiger partial charge in [-0.2, -0.15) is 0 Å². The zero-order valence-electron chi connectivity index (χ0n) is 10.6.